The molecule has 0 fully saturated rings. The summed E-state index contributed by atoms with van der Waals surface area (Å²) in [6.07, 6.45) is 3.27. The number of rotatable bonds is 5. The van der Waals surface area contributed by atoms with Crippen LogP contribution in [0.2, 0.25) is 0 Å². The van der Waals surface area contributed by atoms with Crippen molar-refractivity contribution in [2.24, 2.45) is 0 Å². The summed E-state index contributed by atoms with van der Waals surface area (Å²) in [6, 6.07) is 23.3. The second-order valence-corrected chi connectivity index (χ2v) is 10.0. The van der Waals surface area contributed by atoms with Crippen molar-refractivity contribution in [3.63, 3.8) is 0 Å². The number of fused-ring (bicyclic) bond motifs is 2. The average Bonchev–Trinajstić information content (AvgIpc) is 3.38. The number of aryl methyl sites for hydroxylation is 1. The summed E-state index contributed by atoms with van der Waals surface area (Å²) in [7, 11) is 0. The minimum absolute atomic E-state index is 0.435. The Hall–Kier alpha value is -2.91. The summed E-state index contributed by atoms with van der Waals surface area (Å²) in [5.41, 5.74) is 6.88. The topological polar surface area (TPSA) is 8.81 Å². The molecule has 3 aromatic carbocycles. The molecule has 2 nitrogen and oxygen atoms in total. The van der Waals surface area contributed by atoms with Crippen molar-refractivity contribution in [3.8, 4) is 16.1 Å². The minimum Gasteiger partial charge on any atom is -0.319 e. The summed E-state index contributed by atoms with van der Waals surface area (Å²) in [5.74, 6) is 0.869. The van der Waals surface area contributed by atoms with E-state index >= 15 is 0 Å². The number of hydrogen-bond donors (Lipinski definition) is 0. The van der Waals surface area contributed by atoms with Crippen LogP contribution >= 0.6 is 11.3 Å². The Morgan fingerprint density at radius 2 is 1.62 bits per heavy atom. The molecule has 0 aliphatic heterocycles. The Morgan fingerprint density at radius 3 is 2.25 bits per heavy atom. The number of imidazole rings is 1. The molecule has 5 aromatic rings. The lowest BCUT2D eigenvalue weighted by Gasteiger charge is -2.18. The molecule has 0 atom stereocenters. The molecule has 0 saturated heterocycles. The van der Waals surface area contributed by atoms with Crippen molar-refractivity contribution in [1.82, 2.24) is 4.57 Å². The number of nitrogens with zero attached hydrogens (tertiary/aromatic N) is 2. The highest BCUT2D eigenvalue weighted by atomic mass is 32.1. The summed E-state index contributed by atoms with van der Waals surface area (Å²) in [5, 5.41) is 1.14. The van der Waals surface area contributed by atoms with Gasteiger partial charge in [0.2, 0.25) is 6.33 Å². The maximum atomic E-state index is 8.42. The standard InChI is InChI=1S/C29H30N2S/c1-6-30-18-31(22-11-8-7-9-12-22)26-17-27-21(15-25(26)30)16-28(32-27)29-23(19(2)3)13-10-14-24(29)20(4)5/h7-17,19-20H,6H2,1-5H3/i6D2. The first-order chi connectivity index (χ1) is 16.1. The van der Waals surface area contributed by atoms with Gasteiger partial charge in [0.1, 0.15) is 0 Å². The highest BCUT2D eigenvalue weighted by Gasteiger charge is 2.18. The van der Waals surface area contributed by atoms with Gasteiger partial charge in [0.25, 0.3) is 0 Å². The molecular formula is C29H30N2S. The lowest BCUT2D eigenvalue weighted by atomic mass is 9.88. The molecule has 2 aromatic heterocycles. The smallest absolute Gasteiger partial charge is 0.244 e. The third-order valence-corrected chi connectivity index (χ3v) is 7.27. The van der Waals surface area contributed by atoms with Gasteiger partial charge in [-0.2, -0.15) is 0 Å². The highest BCUT2D eigenvalue weighted by Crippen LogP contribution is 2.42. The van der Waals surface area contributed by atoms with E-state index in [0.717, 1.165) is 22.1 Å². The minimum atomic E-state index is -1.57. The molecule has 162 valence electrons. The number of thiophene rings is 1. The van der Waals surface area contributed by atoms with Gasteiger partial charge in [-0.05, 0) is 53.0 Å². The Labute approximate surface area is 197 Å². The van der Waals surface area contributed by atoms with E-state index in [1.807, 2.05) is 46.2 Å². The van der Waals surface area contributed by atoms with Gasteiger partial charge < -0.3 is 9.13 Å². The Kier molecular flexibility index (Phi) is 4.79. The predicted octanol–water partition coefficient (Wildman–Crippen LogP) is 7.87. The normalized spacial score (nSPS) is 13.3. The van der Waals surface area contributed by atoms with Crippen LogP contribution in [0, 0.1) is 6.33 Å². The third-order valence-electron chi connectivity index (χ3n) is 6.15. The molecule has 0 aliphatic rings. The van der Waals surface area contributed by atoms with E-state index in [-0.39, 0.29) is 0 Å². The molecule has 0 bridgehead atoms. The van der Waals surface area contributed by atoms with Crippen LogP contribution in [0.15, 0.2) is 66.7 Å². The fourth-order valence-corrected chi connectivity index (χ4v) is 5.70. The van der Waals surface area contributed by atoms with Crippen LogP contribution in [0.25, 0.3) is 37.2 Å². The van der Waals surface area contributed by atoms with Gasteiger partial charge in [0.15, 0.2) is 0 Å². The van der Waals surface area contributed by atoms with Crippen molar-refractivity contribution in [3.05, 3.63) is 84.2 Å². The quantitative estimate of drug-likeness (QED) is 0.194. The van der Waals surface area contributed by atoms with E-state index in [4.69, 9.17) is 2.74 Å². The second-order valence-electron chi connectivity index (χ2n) is 8.94. The Morgan fingerprint density at radius 1 is 0.938 bits per heavy atom. The molecule has 32 heavy (non-hydrogen) atoms. The van der Waals surface area contributed by atoms with E-state index in [1.54, 1.807) is 11.5 Å². The molecule has 0 aliphatic carbocycles. The van der Waals surface area contributed by atoms with Gasteiger partial charge in [-0.1, -0.05) is 82.3 Å². The van der Waals surface area contributed by atoms with Crippen LogP contribution in [0.1, 0.15) is 60.3 Å². The average molecular weight is 441 g/mol. The first-order valence-corrected chi connectivity index (χ1v) is 12.1. The van der Waals surface area contributed by atoms with Crippen LogP contribution in [0.5, 0.6) is 0 Å². The molecule has 2 heterocycles. The first kappa shape index (κ1) is 18.6. The summed E-state index contributed by atoms with van der Waals surface area (Å²) in [6.45, 7) is 9.05. The monoisotopic (exact) mass is 440 g/mol. The second kappa shape index (κ2) is 8.22. The summed E-state index contributed by atoms with van der Waals surface area (Å²) in [4.78, 5) is 1.27. The SMILES string of the molecule is [2H]C([2H])(C)[n+]1[c-]n(-c2ccccc2)c2cc3sc(-c4c(C(C)C)cccc4C(C)C)cc3cc21. The van der Waals surface area contributed by atoms with Crippen molar-refractivity contribution >= 4 is 32.5 Å². The van der Waals surface area contributed by atoms with Crippen molar-refractivity contribution < 1.29 is 7.31 Å². The van der Waals surface area contributed by atoms with Crippen LogP contribution in [0.3, 0.4) is 0 Å². The summed E-state index contributed by atoms with van der Waals surface area (Å²) >= 11 is 1.82. The van der Waals surface area contributed by atoms with E-state index in [9.17, 15) is 0 Å². The highest BCUT2D eigenvalue weighted by molar-refractivity contribution is 7.22. The van der Waals surface area contributed by atoms with Gasteiger partial charge in [-0.15, -0.1) is 11.3 Å². The van der Waals surface area contributed by atoms with Gasteiger partial charge in [0, 0.05) is 9.58 Å². The molecule has 0 amide bonds. The van der Waals surface area contributed by atoms with Crippen LogP contribution in [-0.4, -0.2) is 4.57 Å². The molecule has 3 heteroatoms. The van der Waals surface area contributed by atoms with Gasteiger partial charge in [0.05, 0.1) is 26.0 Å². The lowest BCUT2D eigenvalue weighted by Crippen LogP contribution is -2.30. The van der Waals surface area contributed by atoms with Crippen LogP contribution < -0.4 is 4.57 Å². The molecule has 5 rings (SSSR count). The lowest BCUT2D eigenvalue weighted by molar-refractivity contribution is -0.672. The molecule has 0 N–H and O–H groups in total. The Balaban J connectivity index is 1.80. The van der Waals surface area contributed by atoms with Gasteiger partial charge in [-0.25, -0.2) is 0 Å². The molecular weight excluding hydrogens is 408 g/mol. The predicted molar refractivity (Wildman–Crippen MR) is 137 cm³/mol. The zero-order valence-electron chi connectivity index (χ0n) is 21.3. The number of aromatic nitrogens is 2. The Bertz CT molecular complexity index is 1460. The zero-order valence-corrected chi connectivity index (χ0v) is 20.1. The van der Waals surface area contributed by atoms with Crippen molar-refractivity contribution in [1.29, 1.82) is 0 Å². The molecule has 0 radical (unpaired) electrons. The number of benzene rings is 3. The zero-order chi connectivity index (χ0) is 24.2. The van der Waals surface area contributed by atoms with E-state index < -0.39 is 6.50 Å². The number of para-hydroxylation sites is 1. The van der Waals surface area contributed by atoms with Gasteiger partial charge in [-0.3, -0.25) is 0 Å². The molecule has 0 saturated carbocycles. The number of hydrogen-bond acceptors (Lipinski definition) is 1. The van der Waals surface area contributed by atoms with E-state index in [2.05, 4.69) is 70.4 Å². The molecule has 0 unspecified atom stereocenters. The van der Waals surface area contributed by atoms with Crippen molar-refractivity contribution in [2.45, 2.75) is 53.0 Å². The van der Waals surface area contributed by atoms with Gasteiger partial charge >= 0.3 is 0 Å². The van der Waals surface area contributed by atoms with Crippen LogP contribution in [-0.2, 0) is 6.50 Å². The molecule has 0 spiro atoms. The largest absolute Gasteiger partial charge is 0.319 e. The maximum absolute atomic E-state index is 8.42. The van der Waals surface area contributed by atoms with Crippen LogP contribution in [0.4, 0.5) is 0 Å². The third kappa shape index (κ3) is 3.45. The van der Waals surface area contributed by atoms with E-state index in [1.165, 1.54) is 26.3 Å². The van der Waals surface area contributed by atoms with E-state index in [0.29, 0.717) is 11.8 Å². The summed E-state index contributed by atoms with van der Waals surface area (Å²) < 4.78 is 21.6. The fourth-order valence-electron chi connectivity index (χ4n) is 4.53. The van der Waals surface area contributed by atoms with Crippen molar-refractivity contribution in [2.75, 3.05) is 0 Å². The first-order valence-electron chi connectivity index (χ1n) is 12.3. The fraction of sp³-hybridized carbons (Fsp3) is 0.276. The maximum Gasteiger partial charge on any atom is 0.244 e.